The van der Waals surface area contributed by atoms with Crippen molar-refractivity contribution in [3.63, 3.8) is 0 Å². The van der Waals surface area contributed by atoms with E-state index < -0.39 is 0 Å². The summed E-state index contributed by atoms with van der Waals surface area (Å²) >= 11 is 10.8. The molecule has 0 spiro atoms. The lowest BCUT2D eigenvalue weighted by molar-refractivity contribution is -0.500. The molecule has 0 aliphatic rings. The fourth-order valence-electron chi connectivity index (χ4n) is 0.834. The first kappa shape index (κ1) is 10.9. The Kier molecular flexibility index (Phi) is 4.35. The number of hydrazone groups is 1. The number of thiocarbonyl (C=S) groups is 1. The fraction of sp³-hybridized carbons (Fsp3) is 0.111. The lowest BCUT2D eigenvalue weighted by Gasteiger charge is -1.95. The van der Waals surface area contributed by atoms with Crippen molar-refractivity contribution in [3.05, 3.63) is 34.9 Å². The molecule has 1 aromatic carbocycles. The van der Waals surface area contributed by atoms with Gasteiger partial charge in [-0.25, -0.2) is 0 Å². The van der Waals surface area contributed by atoms with Gasteiger partial charge < -0.3 is 5.32 Å². The second kappa shape index (κ2) is 5.57. The van der Waals surface area contributed by atoms with Crippen LogP contribution in [0.4, 0.5) is 0 Å². The van der Waals surface area contributed by atoms with E-state index in [1.165, 1.54) is 0 Å². The lowest BCUT2D eigenvalue weighted by atomic mass is 10.2. The summed E-state index contributed by atoms with van der Waals surface area (Å²) in [4.78, 5) is 0. The van der Waals surface area contributed by atoms with Gasteiger partial charge in [0.05, 0.1) is 10.6 Å². The van der Waals surface area contributed by atoms with Crippen LogP contribution in [-0.4, -0.2) is 18.4 Å². The molecule has 14 heavy (non-hydrogen) atoms. The summed E-state index contributed by atoms with van der Waals surface area (Å²) in [5, 5.41) is 6.81. The maximum Gasteiger partial charge on any atom is 0.223 e. The standard InChI is InChI=1S/C9H10ClN3S/c1-11-9(14)13-12-6-7-4-2-3-5-8(7)10/h2-6H,1H3,(H2,11,13,14)/p+1. The van der Waals surface area contributed by atoms with Crippen LogP contribution in [-0.2, 0) is 0 Å². The molecule has 0 aromatic heterocycles. The summed E-state index contributed by atoms with van der Waals surface area (Å²) < 4.78 is 0. The van der Waals surface area contributed by atoms with Crippen LogP contribution in [0.5, 0.6) is 0 Å². The fourth-order valence-corrected chi connectivity index (χ4v) is 1.08. The van der Waals surface area contributed by atoms with Crippen molar-refractivity contribution in [2.24, 2.45) is 0 Å². The molecular formula is C9H11ClN3S+. The SMILES string of the molecule is CNC(=S)N[NH+]=Cc1ccccc1Cl. The predicted molar refractivity (Wildman–Crippen MR) is 62.4 cm³/mol. The molecule has 0 saturated carbocycles. The molecule has 0 fully saturated rings. The van der Waals surface area contributed by atoms with Gasteiger partial charge in [0, 0.05) is 7.05 Å². The van der Waals surface area contributed by atoms with E-state index in [4.69, 9.17) is 23.8 Å². The molecule has 5 heteroatoms. The third kappa shape index (κ3) is 3.32. The van der Waals surface area contributed by atoms with E-state index >= 15 is 0 Å². The highest BCUT2D eigenvalue weighted by Gasteiger charge is 1.97. The molecule has 0 aliphatic carbocycles. The number of rotatable bonds is 2. The van der Waals surface area contributed by atoms with Gasteiger partial charge in [0.15, 0.2) is 6.21 Å². The minimum absolute atomic E-state index is 0.522. The summed E-state index contributed by atoms with van der Waals surface area (Å²) in [6.45, 7) is 0. The third-order valence-electron chi connectivity index (χ3n) is 1.55. The van der Waals surface area contributed by atoms with Gasteiger partial charge in [0.1, 0.15) is 0 Å². The van der Waals surface area contributed by atoms with Crippen molar-refractivity contribution in [3.8, 4) is 0 Å². The molecule has 0 unspecified atom stereocenters. The number of benzene rings is 1. The highest BCUT2D eigenvalue weighted by molar-refractivity contribution is 7.80. The van der Waals surface area contributed by atoms with E-state index in [0.29, 0.717) is 10.1 Å². The quantitative estimate of drug-likeness (QED) is 0.375. The molecule has 0 saturated heterocycles. The van der Waals surface area contributed by atoms with Crippen molar-refractivity contribution in [1.82, 2.24) is 10.7 Å². The Bertz CT molecular complexity index is 352. The van der Waals surface area contributed by atoms with Crippen molar-refractivity contribution >= 4 is 35.1 Å². The van der Waals surface area contributed by atoms with Crippen LogP contribution in [0.2, 0.25) is 5.02 Å². The van der Waals surface area contributed by atoms with Gasteiger partial charge in [-0.05, 0) is 24.4 Å². The van der Waals surface area contributed by atoms with E-state index in [0.717, 1.165) is 5.56 Å². The first-order valence-electron chi connectivity index (χ1n) is 4.05. The highest BCUT2D eigenvalue weighted by atomic mass is 35.5. The number of nitrogens with one attached hydrogen (secondary N) is 3. The summed E-state index contributed by atoms with van der Waals surface area (Å²) in [7, 11) is 1.74. The van der Waals surface area contributed by atoms with E-state index in [1.54, 1.807) is 13.3 Å². The van der Waals surface area contributed by atoms with Gasteiger partial charge in [0.25, 0.3) is 0 Å². The maximum absolute atomic E-state index is 5.93. The molecule has 1 rings (SSSR count). The van der Waals surface area contributed by atoms with Crippen LogP contribution < -0.4 is 15.8 Å². The normalized spacial score (nSPS) is 10.1. The van der Waals surface area contributed by atoms with Crippen LogP contribution in [0.1, 0.15) is 5.56 Å². The van der Waals surface area contributed by atoms with E-state index in [9.17, 15) is 0 Å². The number of hydrogen-bond donors (Lipinski definition) is 3. The molecular weight excluding hydrogens is 218 g/mol. The zero-order chi connectivity index (χ0) is 10.4. The molecule has 0 amide bonds. The average Bonchev–Trinajstić information content (AvgIpc) is 2.20. The zero-order valence-corrected chi connectivity index (χ0v) is 9.25. The molecule has 0 aliphatic heterocycles. The topological polar surface area (TPSA) is 38.0 Å². The van der Waals surface area contributed by atoms with Crippen molar-refractivity contribution in [2.45, 2.75) is 0 Å². The minimum Gasteiger partial charge on any atom is -0.361 e. The Morgan fingerprint density at radius 1 is 1.50 bits per heavy atom. The van der Waals surface area contributed by atoms with Crippen LogP contribution in [0.3, 0.4) is 0 Å². The molecule has 3 N–H and O–H groups in total. The molecule has 1 aromatic rings. The summed E-state index contributed by atoms with van der Waals surface area (Å²) in [6.07, 6.45) is 1.74. The van der Waals surface area contributed by atoms with Crippen molar-refractivity contribution in [1.29, 1.82) is 0 Å². The Morgan fingerprint density at radius 2 is 2.21 bits per heavy atom. The summed E-state index contributed by atoms with van der Waals surface area (Å²) in [6, 6.07) is 7.52. The Labute approximate surface area is 93.2 Å². The van der Waals surface area contributed by atoms with Crippen LogP contribution in [0.15, 0.2) is 24.3 Å². The Hall–Kier alpha value is -1.13. The smallest absolute Gasteiger partial charge is 0.223 e. The Morgan fingerprint density at radius 3 is 2.86 bits per heavy atom. The maximum atomic E-state index is 5.93. The zero-order valence-electron chi connectivity index (χ0n) is 7.67. The van der Waals surface area contributed by atoms with Gasteiger partial charge in [-0.2, -0.15) is 0 Å². The van der Waals surface area contributed by atoms with Gasteiger partial charge in [0.2, 0.25) is 5.11 Å². The van der Waals surface area contributed by atoms with Crippen LogP contribution >= 0.6 is 23.8 Å². The molecule has 74 valence electrons. The number of hydrogen-bond acceptors (Lipinski definition) is 1. The van der Waals surface area contributed by atoms with E-state index in [2.05, 4.69) is 15.8 Å². The molecule has 3 nitrogen and oxygen atoms in total. The number of hydrazine groups is 1. The van der Waals surface area contributed by atoms with Gasteiger partial charge in [-0.3, -0.25) is 0 Å². The highest BCUT2D eigenvalue weighted by Crippen LogP contribution is 2.10. The van der Waals surface area contributed by atoms with Crippen LogP contribution in [0, 0.1) is 0 Å². The minimum atomic E-state index is 0.522. The first-order chi connectivity index (χ1) is 6.74. The van der Waals surface area contributed by atoms with Crippen molar-refractivity contribution in [2.75, 3.05) is 7.05 Å². The van der Waals surface area contributed by atoms with Gasteiger partial charge >= 0.3 is 0 Å². The monoisotopic (exact) mass is 228 g/mol. The first-order valence-corrected chi connectivity index (χ1v) is 4.83. The van der Waals surface area contributed by atoms with Gasteiger partial charge in [-0.1, -0.05) is 23.7 Å². The molecule has 0 heterocycles. The predicted octanol–water partition coefficient (Wildman–Crippen LogP) is -0.152. The second-order valence-electron chi connectivity index (χ2n) is 2.51. The van der Waals surface area contributed by atoms with Gasteiger partial charge in [-0.15, -0.1) is 10.5 Å². The summed E-state index contributed by atoms with van der Waals surface area (Å²) in [5.41, 5.74) is 3.67. The number of halogens is 1. The van der Waals surface area contributed by atoms with Crippen LogP contribution in [0.25, 0.3) is 0 Å². The second-order valence-corrected chi connectivity index (χ2v) is 3.33. The molecule has 0 bridgehead atoms. The summed E-state index contributed by atoms with van der Waals surface area (Å²) in [5.74, 6) is 0. The third-order valence-corrected chi connectivity index (χ3v) is 2.20. The Balaban J connectivity index is 2.60. The molecule has 0 radical (unpaired) electrons. The van der Waals surface area contributed by atoms with Crippen molar-refractivity contribution < 1.29 is 5.10 Å². The largest absolute Gasteiger partial charge is 0.361 e. The lowest BCUT2D eigenvalue weighted by Crippen LogP contribution is -2.82. The average molecular weight is 229 g/mol. The van der Waals surface area contributed by atoms with E-state index in [-0.39, 0.29) is 0 Å². The molecule has 0 atom stereocenters. The van der Waals surface area contributed by atoms with E-state index in [1.807, 2.05) is 24.3 Å².